The van der Waals surface area contributed by atoms with E-state index in [0.29, 0.717) is 30.3 Å². The van der Waals surface area contributed by atoms with Crippen LogP contribution in [-0.4, -0.2) is 38.0 Å². The van der Waals surface area contributed by atoms with E-state index in [2.05, 4.69) is 5.32 Å². The molecule has 0 aliphatic carbocycles. The minimum absolute atomic E-state index is 0.0946. The number of benzene rings is 2. The topological polar surface area (TPSA) is 84.9 Å². The lowest BCUT2D eigenvalue weighted by Gasteiger charge is -2.17. The Bertz CT molecular complexity index is 952. The summed E-state index contributed by atoms with van der Waals surface area (Å²) in [4.78, 5) is 38.0. The van der Waals surface area contributed by atoms with Crippen molar-refractivity contribution in [2.45, 2.75) is 13.3 Å². The Hall–Kier alpha value is -3.61. The van der Waals surface area contributed by atoms with Crippen LogP contribution in [0.5, 0.6) is 5.75 Å². The summed E-state index contributed by atoms with van der Waals surface area (Å²) in [5.41, 5.74) is 2.15. The van der Waals surface area contributed by atoms with Gasteiger partial charge in [-0.1, -0.05) is 18.2 Å². The van der Waals surface area contributed by atoms with Crippen molar-refractivity contribution < 1.29 is 23.9 Å². The third-order valence-corrected chi connectivity index (χ3v) is 4.74. The second-order valence-electron chi connectivity index (χ2n) is 6.80. The molecule has 0 aromatic heterocycles. The number of ether oxygens (including phenoxy) is 2. The van der Waals surface area contributed by atoms with Gasteiger partial charge in [0.1, 0.15) is 5.75 Å². The van der Waals surface area contributed by atoms with E-state index in [4.69, 9.17) is 9.47 Å². The van der Waals surface area contributed by atoms with Crippen LogP contribution in [0.2, 0.25) is 0 Å². The molecule has 0 bridgehead atoms. The molecule has 7 heteroatoms. The molecule has 2 amide bonds. The number of anilines is 2. The first-order valence-corrected chi connectivity index (χ1v) is 9.70. The van der Waals surface area contributed by atoms with Crippen LogP contribution in [0.1, 0.15) is 18.9 Å². The smallest absolute Gasteiger partial charge is 0.330 e. The van der Waals surface area contributed by atoms with E-state index in [1.807, 2.05) is 12.1 Å². The predicted molar refractivity (Wildman–Crippen MR) is 114 cm³/mol. The van der Waals surface area contributed by atoms with Gasteiger partial charge in [-0.2, -0.15) is 0 Å². The average molecular weight is 408 g/mol. The Labute approximate surface area is 175 Å². The molecular formula is C23H24N2O5. The van der Waals surface area contributed by atoms with Crippen LogP contribution in [0.3, 0.4) is 0 Å². The Balaban J connectivity index is 1.59. The van der Waals surface area contributed by atoms with Gasteiger partial charge in [0.05, 0.1) is 19.6 Å². The van der Waals surface area contributed by atoms with Crippen molar-refractivity contribution >= 4 is 35.2 Å². The number of methoxy groups -OCH3 is 1. The quantitative estimate of drug-likeness (QED) is 0.561. The third kappa shape index (κ3) is 5.26. The molecule has 2 aromatic rings. The van der Waals surface area contributed by atoms with Crippen LogP contribution >= 0.6 is 0 Å². The molecule has 0 spiro atoms. The molecule has 2 aromatic carbocycles. The number of nitrogens with one attached hydrogen (secondary N) is 1. The Morgan fingerprint density at radius 2 is 1.97 bits per heavy atom. The summed E-state index contributed by atoms with van der Waals surface area (Å²) in [5.74, 6) is -0.481. The van der Waals surface area contributed by atoms with Crippen LogP contribution in [0, 0.1) is 5.92 Å². The molecular weight excluding hydrogens is 384 g/mol. The summed E-state index contributed by atoms with van der Waals surface area (Å²) in [6.45, 7) is 2.39. The molecule has 3 rings (SSSR count). The lowest BCUT2D eigenvalue weighted by molar-refractivity contribution is -0.137. The second kappa shape index (κ2) is 9.73. The highest BCUT2D eigenvalue weighted by atomic mass is 16.5. The van der Waals surface area contributed by atoms with E-state index in [1.165, 1.54) is 6.08 Å². The van der Waals surface area contributed by atoms with Gasteiger partial charge >= 0.3 is 5.97 Å². The highest BCUT2D eigenvalue weighted by Gasteiger charge is 2.35. The standard InChI is InChI=1S/C23H24N2O5/c1-3-30-22(27)12-9-16-7-10-18(11-8-16)24-23(28)17-13-21(26)25(15-17)19-5-4-6-20(14-19)29-2/h4-12,14,17H,3,13,15H2,1-2H3,(H,24,28)/b12-9+. The fourth-order valence-electron chi connectivity index (χ4n) is 3.19. The second-order valence-corrected chi connectivity index (χ2v) is 6.80. The molecule has 0 radical (unpaired) electrons. The number of nitrogens with zero attached hydrogens (tertiary/aromatic N) is 1. The zero-order chi connectivity index (χ0) is 21.5. The van der Waals surface area contributed by atoms with E-state index < -0.39 is 11.9 Å². The number of hydrogen-bond acceptors (Lipinski definition) is 5. The zero-order valence-electron chi connectivity index (χ0n) is 17.0. The molecule has 1 aliphatic heterocycles. The van der Waals surface area contributed by atoms with E-state index in [9.17, 15) is 14.4 Å². The van der Waals surface area contributed by atoms with E-state index in [0.717, 1.165) is 5.56 Å². The molecule has 1 atom stereocenters. The van der Waals surface area contributed by atoms with Crippen molar-refractivity contribution in [3.8, 4) is 5.75 Å². The predicted octanol–water partition coefficient (Wildman–Crippen LogP) is 3.26. The van der Waals surface area contributed by atoms with Crippen LogP contribution in [-0.2, 0) is 19.1 Å². The number of amides is 2. The molecule has 1 fully saturated rings. The van der Waals surface area contributed by atoms with Gasteiger partial charge in [0.15, 0.2) is 0 Å². The van der Waals surface area contributed by atoms with Gasteiger partial charge in [-0.3, -0.25) is 9.59 Å². The molecule has 0 saturated carbocycles. The van der Waals surface area contributed by atoms with Crippen molar-refractivity contribution in [2.24, 2.45) is 5.92 Å². The number of carbonyl (C=O) groups excluding carboxylic acids is 3. The van der Waals surface area contributed by atoms with Gasteiger partial charge in [0.25, 0.3) is 0 Å². The maximum Gasteiger partial charge on any atom is 0.330 e. The van der Waals surface area contributed by atoms with E-state index >= 15 is 0 Å². The van der Waals surface area contributed by atoms with Crippen molar-refractivity contribution in [1.82, 2.24) is 0 Å². The fourth-order valence-corrected chi connectivity index (χ4v) is 3.19. The lowest BCUT2D eigenvalue weighted by atomic mass is 10.1. The van der Waals surface area contributed by atoms with Gasteiger partial charge in [-0.05, 0) is 42.8 Å². The van der Waals surface area contributed by atoms with Gasteiger partial charge < -0.3 is 19.7 Å². The number of hydrogen-bond donors (Lipinski definition) is 1. The van der Waals surface area contributed by atoms with Crippen molar-refractivity contribution in [1.29, 1.82) is 0 Å². The Morgan fingerprint density at radius 3 is 2.67 bits per heavy atom. The molecule has 1 N–H and O–H groups in total. The molecule has 1 aliphatic rings. The SMILES string of the molecule is CCOC(=O)/C=C/c1ccc(NC(=O)C2CC(=O)N(c3cccc(OC)c3)C2)cc1. The summed E-state index contributed by atoms with van der Waals surface area (Å²) < 4.78 is 10.0. The van der Waals surface area contributed by atoms with E-state index in [1.54, 1.807) is 61.4 Å². The van der Waals surface area contributed by atoms with Crippen LogP contribution < -0.4 is 15.0 Å². The first-order valence-electron chi connectivity index (χ1n) is 9.70. The number of rotatable bonds is 7. The van der Waals surface area contributed by atoms with Crippen molar-refractivity contribution in [3.63, 3.8) is 0 Å². The van der Waals surface area contributed by atoms with Crippen molar-refractivity contribution in [3.05, 3.63) is 60.2 Å². The summed E-state index contributed by atoms with van der Waals surface area (Å²) >= 11 is 0. The number of esters is 1. The molecule has 156 valence electrons. The third-order valence-electron chi connectivity index (χ3n) is 4.74. The monoisotopic (exact) mass is 408 g/mol. The Morgan fingerprint density at radius 1 is 1.20 bits per heavy atom. The molecule has 1 unspecified atom stereocenters. The van der Waals surface area contributed by atoms with E-state index in [-0.39, 0.29) is 18.2 Å². The largest absolute Gasteiger partial charge is 0.497 e. The van der Waals surface area contributed by atoms with Crippen LogP contribution in [0.4, 0.5) is 11.4 Å². The minimum atomic E-state index is -0.438. The first-order chi connectivity index (χ1) is 14.5. The fraction of sp³-hybridized carbons (Fsp3) is 0.261. The van der Waals surface area contributed by atoms with Crippen molar-refractivity contribution in [2.75, 3.05) is 30.5 Å². The minimum Gasteiger partial charge on any atom is -0.497 e. The average Bonchev–Trinajstić information content (AvgIpc) is 3.15. The number of carbonyl (C=O) groups is 3. The van der Waals surface area contributed by atoms with Gasteiger partial charge in [0.2, 0.25) is 11.8 Å². The highest BCUT2D eigenvalue weighted by molar-refractivity contribution is 6.03. The molecule has 30 heavy (non-hydrogen) atoms. The van der Waals surface area contributed by atoms with Gasteiger partial charge in [0, 0.05) is 36.5 Å². The van der Waals surface area contributed by atoms with Crippen LogP contribution in [0.15, 0.2) is 54.6 Å². The summed E-state index contributed by atoms with van der Waals surface area (Å²) in [5, 5.41) is 2.85. The summed E-state index contributed by atoms with van der Waals surface area (Å²) in [7, 11) is 1.57. The van der Waals surface area contributed by atoms with Crippen LogP contribution in [0.25, 0.3) is 6.08 Å². The molecule has 1 heterocycles. The maximum atomic E-state index is 12.6. The molecule has 7 nitrogen and oxygen atoms in total. The normalized spacial score (nSPS) is 16.0. The summed E-state index contributed by atoms with van der Waals surface area (Å²) in [6, 6.07) is 14.3. The highest BCUT2D eigenvalue weighted by Crippen LogP contribution is 2.28. The zero-order valence-corrected chi connectivity index (χ0v) is 17.0. The first kappa shape index (κ1) is 21.1. The van der Waals surface area contributed by atoms with Gasteiger partial charge in [-0.15, -0.1) is 0 Å². The molecule has 1 saturated heterocycles. The summed E-state index contributed by atoms with van der Waals surface area (Å²) in [6.07, 6.45) is 3.16. The van der Waals surface area contributed by atoms with Gasteiger partial charge in [-0.25, -0.2) is 4.79 Å². The Kier molecular flexibility index (Phi) is 6.85. The lowest BCUT2D eigenvalue weighted by Crippen LogP contribution is -2.28. The maximum absolute atomic E-state index is 12.6.